The third kappa shape index (κ3) is 5.44. The Balaban J connectivity index is 1.45. The van der Waals surface area contributed by atoms with Crippen LogP contribution in [0.1, 0.15) is 23.9 Å². The highest BCUT2D eigenvalue weighted by Gasteiger charge is 2.15. The number of benzene rings is 2. The number of amides is 1. The van der Waals surface area contributed by atoms with Gasteiger partial charge >= 0.3 is 0 Å². The second-order valence-corrected chi connectivity index (χ2v) is 6.28. The first-order valence-electron chi connectivity index (χ1n) is 9.30. The Hall–Kier alpha value is -3.12. The standard InChI is InChI=1S/C22H24N2O4/c1-3-17-9-11-18(12-10-17)22-23-20(16(2)28-22)15-21(25)24-27-14-13-26-19-7-5-4-6-8-19/h4-12H,3,13-15H2,1-2H3,(H,24,25). The molecule has 2 aromatic carbocycles. The van der Waals surface area contributed by atoms with Gasteiger partial charge < -0.3 is 9.15 Å². The number of oxazole rings is 1. The molecule has 1 aromatic heterocycles. The molecule has 0 radical (unpaired) electrons. The van der Waals surface area contributed by atoms with Gasteiger partial charge in [-0.15, -0.1) is 0 Å². The van der Waals surface area contributed by atoms with Crippen molar-refractivity contribution in [2.45, 2.75) is 26.7 Å². The minimum absolute atomic E-state index is 0.0852. The smallest absolute Gasteiger partial charge is 0.249 e. The Morgan fingerprint density at radius 2 is 1.82 bits per heavy atom. The maximum Gasteiger partial charge on any atom is 0.249 e. The Morgan fingerprint density at radius 1 is 1.07 bits per heavy atom. The number of rotatable bonds is 9. The van der Waals surface area contributed by atoms with Gasteiger partial charge in [-0.3, -0.25) is 9.63 Å². The van der Waals surface area contributed by atoms with E-state index < -0.39 is 0 Å². The predicted octanol–water partition coefficient (Wildman–Crippen LogP) is 3.88. The van der Waals surface area contributed by atoms with Crippen LogP contribution in [0.2, 0.25) is 0 Å². The van der Waals surface area contributed by atoms with E-state index in [2.05, 4.69) is 17.4 Å². The van der Waals surface area contributed by atoms with E-state index in [4.69, 9.17) is 14.0 Å². The van der Waals surface area contributed by atoms with E-state index in [-0.39, 0.29) is 18.9 Å². The third-order valence-corrected chi connectivity index (χ3v) is 4.21. The van der Waals surface area contributed by atoms with Gasteiger partial charge in [0.2, 0.25) is 11.8 Å². The average Bonchev–Trinajstić information content (AvgIpc) is 3.09. The Kier molecular flexibility index (Phi) is 6.81. The average molecular weight is 380 g/mol. The Bertz CT molecular complexity index is 889. The van der Waals surface area contributed by atoms with E-state index in [9.17, 15) is 4.79 Å². The van der Waals surface area contributed by atoms with Crippen LogP contribution < -0.4 is 10.2 Å². The van der Waals surface area contributed by atoms with Crippen LogP contribution >= 0.6 is 0 Å². The lowest BCUT2D eigenvalue weighted by Gasteiger charge is -2.07. The van der Waals surface area contributed by atoms with Crippen molar-refractivity contribution in [2.75, 3.05) is 13.2 Å². The largest absolute Gasteiger partial charge is 0.491 e. The van der Waals surface area contributed by atoms with Gasteiger partial charge in [0.15, 0.2) is 0 Å². The Morgan fingerprint density at radius 3 is 2.54 bits per heavy atom. The zero-order chi connectivity index (χ0) is 19.8. The van der Waals surface area contributed by atoms with Crippen LogP contribution in [0.15, 0.2) is 59.0 Å². The second-order valence-electron chi connectivity index (χ2n) is 6.28. The number of hydrogen-bond donors (Lipinski definition) is 1. The number of carbonyl (C=O) groups excluding carboxylic acids is 1. The molecule has 0 unspecified atom stereocenters. The molecule has 28 heavy (non-hydrogen) atoms. The van der Waals surface area contributed by atoms with E-state index in [1.807, 2.05) is 54.6 Å². The van der Waals surface area contributed by atoms with Crippen LogP contribution in [0.25, 0.3) is 11.5 Å². The topological polar surface area (TPSA) is 73.6 Å². The lowest BCUT2D eigenvalue weighted by atomic mass is 10.1. The summed E-state index contributed by atoms with van der Waals surface area (Å²) < 4.78 is 11.2. The summed E-state index contributed by atoms with van der Waals surface area (Å²) in [6.45, 7) is 4.49. The number of ether oxygens (including phenoxy) is 1. The number of carbonyl (C=O) groups is 1. The Labute approximate surface area is 164 Å². The zero-order valence-electron chi connectivity index (χ0n) is 16.1. The predicted molar refractivity (Wildman–Crippen MR) is 106 cm³/mol. The van der Waals surface area contributed by atoms with Crippen molar-refractivity contribution in [1.29, 1.82) is 0 Å². The van der Waals surface area contributed by atoms with Gasteiger partial charge in [0.1, 0.15) is 24.7 Å². The highest BCUT2D eigenvalue weighted by molar-refractivity contribution is 5.77. The molecule has 1 heterocycles. The quantitative estimate of drug-likeness (QED) is 0.450. The first-order valence-corrected chi connectivity index (χ1v) is 9.30. The molecule has 0 aliphatic rings. The van der Waals surface area contributed by atoms with Crippen LogP contribution in [0.3, 0.4) is 0 Å². The van der Waals surface area contributed by atoms with Gasteiger partial charge in [-0.25, -0.2) is 10.5 Å². The summed E-state index contributed by atoms with van der Waals surface area (Å²) in [5.41, 5.74) is 5.14. The monoisotopic (exact) mass is 380 g/mol. The van der Waals surface area contributed by atoms with Crippen molar-refractivity contribution < 1.29 is 18.8 Å². The van der Waals surface area contributed by atoms with Gasteiger partial charge in [-0.1, -0.05) is 37.3 Å². The number of hydroxylamine groups is 1. The van der Waals surface area contributed by atoms with Gasteiger partial charge in [0.25, 0.3) is 0 Å². The molecule has 0 aliphatic carbocycles. The van der Waals surface area contributed by atoms with E-state index >= 15 is 0 Å². The van der Waals surface area contributed by atoms with Crippen LogP contribution in [-0.4, -0.2) is 24.1 Å². The van der Waals surface area contributed by atoms with Gasteiger partial charge in [0.05, 0.1) is 12.1 Å². The fraction of sp³-hybridized carbons (Fsp3) is 0.273. The van der Waals surface area contributed by atoms with Crippen LogP contribution in [0.5, 0.6) is 5.75 Å². The first-order chi connectivity index (χ1) is 13.7. The molecule has 6 heteroatoms. The molecule has 1 N–H and O–H groups in total. The van der Waals surface area contributed by atoms with Gasteiger partial charge in [0, 0.05) is 5.56 Å². The molecule has 0 saturated heterocycles. The molecular formula is C22H24N2O4. The van der Waals surface area contributed by atoms with E-state index in [1.165, 1.54) is 5.56 Å². The summed E-state index contributed by atoms with van der Waals surface area (Å²) in [4.78, 5) is 21.7. The minimum atomic E-state index is -0.288. The molecule has 0 aliphatic heterocycles. The lowest BCUT2D eigenvalue weighted by Crippen LogP contribution is -2.27. The molecule has 6 nitrogen and oxygen atoms in total. The minimum Gasteiger partial charge on any atom is -0.491 e. The molecule has 3 rings (SSSR count). The van der Waals surface area contributed by atoms with Crippen molar-refractivity contribution in [3.05, 3.63) is 71.6 Å². The van der Waals surface area contributed by atoms with E-state index in [0.717, 1.165) is 17.7 Å². The van der Waals surface area contributed by atoms with Crippen molar-refractivity contribution >= 4 is 5.91 Å². The molecule has 0 saturated carbocycles. The summed E-state index contributed by atoms with van der Waals surface area (Å²) in [5, 5.41) is 0. The number of nitrogens with one attached hydrogen (secondary N) is 1. The van der Waals surface area contributed by atoms with E-state index in [0.29, 0.717) is 24.0 Å². The SMILES string of the molecule is CCc1ccc(-c2nc(CC(=O)NOCCOc3ccccc3)c(C)o2)cc1. The molecule has 146 valence electrons. The number of aryl methyl sites for hydroxylation is 2. The zero-order valence-corrected chi connectivity index (χ0v) is 16.1. The summed E-state index contributed by atoms with van der Waals surface area (Å²) in [5.74, 6) is 1.61. The van der Waals surface area contributed by atoms with Crippen LogP contribution in [0, 0.1) is 6.92 Å². The van der Waals surface area contributed by atoms with Crippen molar-refractivity contribution in [3.8, 4) is 17.2 Å². The van der Waals surface area contributed by atoms with Crippen molar-refractivity contribution in [3.63, 3.8) is 0 Å². The summed E-state index contributed by atoms with van der Waals surface area (Å²) >= 11 is 0. The number of aromatic nitrogens is 1. The third-order valence-electron chi connectivity index (χ3n) is 4.21. The molecule has 0 spiro atoms. The highest BCUT2D eigenvalue weighted by atomic mass is 16.7. The molecule has 0 fully saturated rings. The van der Waals surface area contributed by atoms with E-state index in [1.54, 1.807) is 6.92 Å². The van der Waals surface area contributed by atoms with Crippen LogP contribution in [-0.2, 0) is 22.5 Å². The fourth-order valence-electron chi connectivity index (χ4n) is 2.64. The fourth-order valence-corrected chi connectivity index (χ4v) is 2.64. The van der Waals surface area contributed by atoms with Crippen LogP contribution in [0.4, 0.5) is 0 Å². The van der Waals surface area contributed by atoms with Crippen molar-refractivity contribution in [2.24, 2.45) is 0 Å². The maximum absolute atomic E-state index is 12.1. The molecule has 0 atom stereocenters. The summed E-state index contributed by atoms with van der Waals surface area (Å²) in [6, 6.07) is 17.5. The first kappa shape index (κ1) is 19.6. The molecular weight excluding hydrogens is 356 g/mol. The van der Waals surface area contributed by atoms with Crippen molar-refractivity contribution in [1.82, 2.24) is 10.5 Å². The molecule has 0 bridgehead atoms. The number of hydrogen-bond acceptors (Lipinski definition) is 5. The highest BCUT2D eigenvalue weighted by Crippen LogP contribution is 2.22. The second kappa shape index (κ2) is 9.71. The summed E-state index contributed by atoms with van der Waals surface area (Å²) in [6.07, 6.45) is 1.06. The lowest BCUT2D eigenvalue weighted by molar-refractivity contribution is -0.133. The molecule has 3 aromatic rings. The normalized spacial score (nSPS) is 10.6. The number of para-hydroxylation sites is 1. The maximum atomic E-state index is 12.1. The van der Waals surface area contributed by atoms with Gasteiger partial charge in [-0.05, 0) is 43.2 Å². The number of nitrogens with zero attached hydrogens (tertiary/aromatic N) is 1. The molecule has 1 amide bonds. The van der Waals surface area contributed by atoms with Gasteiger partial charge in [-0.2, -0.15) is 0 Å². The summed E-state index contributed by atoms with van der Waals surface area (Å²) in [7, 11) is 0.